The van der Waals surface area contributed by atoms with Gasteiger partial charge < -0.3 is 11.1 Å². The van der Waals surface area contributed by atoms with Crippen molar-refractivity contribution in [3.05, 3.63) is 54.1 Å². The first kappa shape index (κ1) is 20.2. The fourth-order valence-electron chi connectivity index (χ4n) is 2.45. The molecule has 0 aromatic heterocycles. The van der Waals surface area contributed by atoms with Crippen LogP contribution in [0.15, 0.2) is 48.5 Å². The average Bonchev–Trinajstić information content (AvgIpc) is 2.65. The second-order valence-corrected chi connectivity index (χ2v) is 6.74. The predicted octanol–water partition coefficient (Wildman–Crippen LogP) is 3.63. The maximum Gasteiger partial charge on any atom is 0.694 e. The lowest BCUT2D eigenvalue weighted by Crippen LogP contribution is -2.38. The third kappa shape index (κ3) is 6.32. The molecule has 7 heteroatoms. The quantitative estimate of drug-likeness (QED) is 0.581. The van der Waals surface area contributed by atoms with Crippen molar-refractivity contribution in [2.75, 3.05) is 11.9 Å². The number of amides is 1. The first-order valence-corrected chi connectivity index (χ1v) is 9.67. The van der Waals surface area contributed by atoms with Crippen LogP contribution in [0.3, 0.4) is 0 Å². The van der Waals surface area contributed by atoms with Crippen molar-refractivity contribution in [1.29, 1.82) is 0 Å². The Hall–Kier alpha value is -2.11. The Labute approximate surface area is 154 Å². The number of anilines is 1. The first-order chi connectivity index (χ1) is 12.5. The highest BCUT2D eigenvalue weighted by Gasteiger charge is 2.20. The number of aryl methyl sites for hydroxylation is 1. The molecule has 6 nitrogen and oxygen atoms in total. The van der Waals surface area contributed by atoms with Gasteiger partial charge in [-0.05, 0) is 41.7 Å². The van der Waals surface area contributed by atoms with Gasteiger partial charge in [-0.3, -0.25) is 4.79 Å². The van der Waals surface area contributed by atoms with Crippen molar-refractivity contribution in [3.8, 4) is 11.1 Å². The zero-order valence-corrected chi connectivity index (χ0v) is 15.6. The summed E-state index contributed by atoms with van der Waals surface area (Å²) in [5.41, 5.74) is 9.70. The zero-order chi connectivity index (χ0) is 18.9. The van der Waals surface area contributed by atoms with Gasteiger partial charge in [-0.25, -0.2) is 0 Å². The maximum absolute atomic E-state index is 11.9. The molecule has 2 rings (SSSR count). The van der Waals surface area contributed by atoms with Crippen LogP contribution in [0, 0.1) is 0 Å². The number of nitrogens with two attached hydrogens (primary N) is 1. The standard InChI is InChI=1S/C19H23N2O4P/c1-2-3-4-14-5-7-15(8-6-14)16-9-11-17(12-10-16)21-19(22)18(20)13-25-26(23)24/h5-12,18H,2-4,13,20H2,1H3,(H-,21,22,23,24)/p+1/t18-/m0/s1. The van der Waals surface area contributed by atoms with Crippen LogP contribution in [0.1, 0.15) is 25.3 Å². The van der Waals surface area contributed by atoms with E-state index in [1.165, 1.54) is 18.4 Å². The van der Waals surface area contributed by atoms with E-state index in [4.69, 9.17) is 10.6 Å². The number of hydrogen-bond donors (Lipinski definition) is 3. The number of unbranched alkanes of at least 4 members (excludes halogenated alkanes) is 1. The smallest absolute Gasteiger partial charge is 0.325 e. The Bertz CT molecular complexity index is 732. The van der Waals surface area contributed by atoms with Crippen molar-refractivity contribution in [2.24, 2.45) is 5.73 Å². The second kappa shape index (κ2) is 10.1. The van der Waals surface area contributed by atoms with Gasteiger partial charge in [0.2, 0.25) is 5.91 Å². The lowest BCUT2D eigenvalue weighted by molar-refractivity contribution is -0.117. The Balaban J connectivity index is 1.95. The topological polar surface area (TPSA) is 102 Å². The lowest BCUT2D eigenvalue weighted by Gasteiger charge is -2.10. The largest absolute Gasteiger partial charge is 0.694 e. The van der Waals surface area contributed by atoms with Crippen LogP contribution >= 0.6 is 8.25 Å². The van der Waals surface area contributed by atoms with Gasteiger partial charge in [-0.1, -0.05) is 49.7 Å². The van der Waals surface area contributed by atoms with Crippen molar-refractivity contribution >= 4 is 19.8 Å². The first-order valence-electron chi connectivity index (χ1n) is 8.54. The molecule has 1 unspecified atom stereocenters. The SMILES string of the molecule is CCCCc1ccc(-c2ccc(NC(=O)[C@@H](N)CO[P+](=O)O)cc2)cc1. The summed E-state index contributed by atoms with van der Waals surface area (Å²) in [6.07, 6.45) is 3.47. The summed E-state index contributed by atoms with van der Waals surface area (Å²) < 4.78 is 14.9. The third-order valence-electron chi connectivity index (χ3n) is 3.96. The number of rotatable bonds is 9. The maximum atomic E-state index is 11.9. The number of carbonyl (C=O) groups excluding carboxylic acids is 1. The Morgan fingerprint density at radius 1 is 1.15 bits per heavy atom. The van der Waals surface area contributed by atoms with E-state index in [2.05, 4.69) is 41.0 Å². The third-order valence-corrected chi connectivity index (χ3v) is 4.33. The van der Waals surface area contributed by atoms with Gasteiger partial charge in [0.15, 0.2) is 0 Å². The average molecular weight is 375 g/mol. The Morgan fingerprint density at radius 3 is 2.27 bits per heavy atom. The van der Waals surface area contributed by atoms with Gasteiger partial charge in [-0.15, -0.1) is 9.42 Å². The van der Waals surface area contributed by atoms with Crippen LogP contribution in [0.25, 0.3) is 11.1 Å². The summed E-state index contributed by atoms with van der Waals surface area (Å²) in [4.78, 5) is 20.5. The zero-order valence-electron chi connectivity index (χ0n) is 14.7. The molecule has 1 amide bonds. The minimum atomic E-state index is -2.76. The second-order valence-electron chi connectivity index (χ2n) is 6.01. The highest BCUT2D eigenvalue weighted by Crippen LogP contribution is 2.22. The van der Waals surface area contributed by atoms with E-state index < -0.39 is 20.2 Å². The van der Waals surface area contributed by atoms with Crippen LogP contribution in [0.4, 0.5) is 5.69 Å². The fourth-order valence-corrected chi connectivity index (χ4v) is 2.73. The molecule has 0 radical (unpaired) electrons. The van der Waals surface area contributed by atoms with Crippen LogP contribution in [0.2, 0.25) is 0 Å². The van der Waals surface area contributed by atoms with Crippen LogP contribution < -0.4 is 11.1 Å². The van der Waals surface area contributed by atoms with Gasteiger partial charge in [0.25, 0.3) is 0 Å². The van der Waals surface area contributed by atoms with E-state index in [9.17, 15) is 9.36 Å². The summed E-state index contributed by atoms with van der Waals surface area (Å²) in [6, 6.07) is 14.9. The fraction of sp³-hybridized carbons (Fsp3) is 0.316. The molecule has 4 N–H and O–H groups in total. The molecule has 0 aliphatic carbocycles. The molecule has 0 bridgehead atoms. The molecule has 2 aromatic rings. The minimum absolute atomic E-state index is 0.319. The van der Waals surface area contributed by atoms with Gasteiger partial charge in [0.05, 0.1) is 0 Å². The summed E-state index contributed by atoms with van der Waals surface area (Å²) >= 11 is 0. The van der Waals surface area contributed by atoms with Gasteiger partial charge >= 0.3 is 8.25 Å². The van der Waals surface area contributed by atoms with Crippen molar-refractivity contribution in [2.45, 2.75) is 32.2 Å². The Kier molecular flexibility index (Phi) is 7.88. The number of carbonyl (C=O) groups is 1. The highest BCUT2D eigenvalue weighted by molar-refractivity contribution is 7.32. The van der Waals surface area contributed by atoms with E-state index >= 15 is 0 Å². The van der Waals surface area contributed by atoms with Crippen molar-refractivity contribution in [3.63, 3.8) is 0 Å². The Morgan fingerprint density at radius 2 is 1.73 bits per heavy atom. The molecule has 2 atom stereocenters. The molecule has 2 aromatic carbocycles. The molecule has 0 saturated heterocycles. The summed E-state index contributed by atoms with van der Waals surface area (Å²) in [7, 11) is -2.76. The molecule has 0 fully saturated rings. The number of hydrogen-bond acceptors (Lipinski definition) is 4. The van der Waals surface area contributed by atoms with E-state index in [0.29, 0.717) is 5.69 Å². The van der Waals surface area contributed by atoms with E-state index in [0.717, 1.165) is 17.5 Å². The lowest BCUT2D eigenvalue weighted by atomic mass is 10.0. The number of nitrogens with one attached hydrogen (secondary N) is 1. The van der Waals surface area contributed by atoms with Crippen LogP contribution in [-0.2, 0) is 20.3 Å². The molecule has 0 aliphatic rings. The van der Waals surface area contributed by atoms with E-state index in [-0.39, 0.29) is 6.61 Å². The van der Waals surface area contributed by atoms with Gasteiger partial charge in [-0.2, -0.15) is 0 Å². The normalized spacial score (nSPS) is 12.5. The molecule has 26 heavy (non-hydrogen) atoms. The van der Waals surface area contributed by atoms with Gasteiger partial charge in [0.1, 0.15) is 12.6 Å². The molecular weight excluding hydrogens is 351 g/mol. The molecule has 0 spiro atoms. The summed E-state index contributed by atoms with van der Waals surface area (Å²) in [5.74, 6) is -0.477. The molecule has 0 saturated carbocycles. The molecule has 0 aliphatic heterocycles. The van der Waals surface area contributed by atoms with Crippen LogP contribution in [-0.4, -0.2) is 23.4 Å². The number of benzene rings is 2. The monoisotopic (exact) mass is 375 g/mol. The predicted molar refractivity (Wildman–Crippen MR) is 103 cm³/mol. The highest BCUT2D eigenvalue weighted by atomic mass is 31.1. The van der Waals surface area contributed by atoms with Crippen molar-refractivity contribution in [1.82, 2.24) is 0 Å². The summed E-state index contributed by atoms with van der Waals surface area (Å²) in [6.45, 7) is 1.86. The van der Waals surface area contributed by atoms with Crippen LogP contribution in [0.5, 0.6) is 0 Å². The molecular formula is C19H24N2O4P+. The molecule has 138 valence electrons. The van der Waals surface area contributed by atoms with Crippen molar-refractivity contribution < 1.29 is 18.8 Å². The summed E-state index contributed by atoms with van der Waals surface area (Å²) in [5, 5.41) is 2.66. The van der Waals surface area contributed by atoms with E-state index in [1.54, 1.807) is 12.1 Å². The molecule has 0 heterocycles. The van der Waals surface area contributed by atoms with Gasteiger partial charge in [0, 0.05) is 10.3 Å². The van der Waals surface area contributed by atoms with E-state index in [1.807, 2.05) is 12.1 Å². The minimum Gasteiger partial charge on any atom is -0.325 e.